The van der Waals surface area contributed by atoms with E-state index in [1.807, 2.05) is 16.3 Å². The standard InChI is InChI=1S/C20H23N3O3S/c24-18(6-3-11-21-19(25)17-5-4-14-27-17)22-16-9-7-15(8-10-16)20(26)23-12-1-2-13-23/h4-5,7-10,14H,1-3,6,11-13H2,(H,21,25)(H,22,24). The molecule has 2 N–H and O–H groups in total. The molecule has 3 rings (SSSR count). The van der Waals surface area contributed by atoms with Gasteiger partial charge in [-0.1, -0.05) is 6.07 Å². The summed E-state index contributed by atoms with van der Waals surface area (Å²) in [6.45, 7) is 2.09. The van der Waals surface area contributed by atoms with Gasteiger partial charge in [0.25, 0.3) is 11.8 Å². The molecule has 0 aliphatic carbocycles. The van der Waals surface area contributed by atoms with Gasteiger partial charge in [0.1, 0.15) is 0 Å². The lowest BCUT2D eigenvalue weighted by molar-refractivity contribution is -0.116. The highest BCUT2D eigenvalue weighted by molar-refractivity contribution is 7.12. The maximum absolute atomic E-state index is 12.3. The van der Waals surface area contributed by atoms with E-state index in [2.05, 4.69) is 10.6 Å². The number of thiophene rings is 1. The molecule has 1 aromatic carbocycles. The summed E-state index contributed by atoms with van der Waals surface area (Å²) in [4.78, 5) is 38.6. The number of hydrogen-bond acceptors (Lipinski definition) is 4. The van der Waals surface area contributed by atoms with Crippen molar-refractivity contribution < 1.29 is 14.4 Å². The highest BCUT2D eigenvalue weighted by atomic mass is 32.1. The maximum Gasteiger partial charge on any atom is 0.261 e. The first-order chi connectivity index (χ1) is 13.1. The van der Waals surface area contributed by atoms with E-state index < -0.39 is 0 Å². The van der Waals surface area contributed by atoms with Crippen LogP contribution in [0.5, 0.6) is 0 Å². The number of nitrogens with zero attached hydrogens (tertiary/aromatic N) is 1. The van der Waals surface area contributed by atoms with Crippen LogP contribution in [-0.2, 0) is 4.79 Å². The minimum absolute atomic E-state index is 0.0480. The van der Waals surface area contributed by atoms with Gasteiger partial charge in [-0.3, -0.25) is 14.4 Å². The van der Waals surface area contributed by atoms with E-state index in [9.17, 15) is 14.4 Å². The first-order valence-corrected chi connectivity index (χ1v) is 10.0. The third kappa shape index (κ3) is 5.40. The van der Waals surface area contributed by atoms with Crippen molar-refractivity contribution in [3.05, 3.63) is 52.2 Å². The Hall–Kier alpha value is -2.67. The molecule has 1 saturated heterocycles. The molecular formula is C20H23N3O3S. The number of hydrogen-bond donors (Lipinski definition) is 2. The van der Waals surface area contributed by atoms with Crippen molar-refractivity contribution in [1.29, 1.82) is 0 Å². The minimum atomic E-state index is -0.112. The molecule has 1 aromatic heterocycles. The second-order valence-corrected chi connectivity index (χ2v) is 7.41. The van der Waals surface area contributed by atoms with Gasteiger partial charge in [0.05, 0.1) is 4.88 Å². The van der Waals surface area contributed by atoms with E-state index in [0.29, 0.717) is 35.5 Å². The number of anilines is 1. The number of amides is 3. The SMILES string of the molecule is O=C(CCCNC(=O)c1cccs1)Nc1ccc(C(=O)N2CCCC2)cc1. The molecule has 1 aliphatic rings. The van der Waals surface area contributed by atoms with Crippen LogP contribution in [0.2, 0.25) is 0 Å². The summed E-state index contributed by atoms with van der Waals surface area (Å²) in [6.07, 6.45) is 3.01. The number of nitrogens with one attached hydrogen (secondary N) is 2. The van der Waals surface area contributed by atoms with E-state index in [1.54, 1.807) is 30.3 Å². The van der Waals surface area contributed by atoms with Crippen LogP contribution >= 0.6 is 11.3 Å². The van der Waals surface area contributed by atoms with Crippen LogP contribution < -0.4 is 10.6 Å². The molecule has 0 unspecified atom stereocenters. The monoisotopic (exact) mass is 385 g/mol. The number of carbonyl (C=O) groups excluding carboxylic acids is 3. The summed E-state index contributed by atoms with van der Waals surface area (Å²) in [6, 6.07) is 10.6. The molecule has 2 aromatic rings. The van der Waals surface area contributed by atoms with Crippen molar-refractivity contribution in [2.45, 2.75) is 25.7 Å². The summed E-state index contributed by atoms with van der Waals surface area (Å²) in [5, 5.41) is 7.47. The Balaban J connectivity index is 1.38. The first kappa shape index (κ1) is 19.1. The predicted molar refractivity (Wildman–Crippen MR) is 106 cm³/mol. The Labute approximate surface area is 162 Å². The van der Waals surface area contributed by atoms with Gasteiger partial charge in [0, 0.05) is 37.3 Å². The van der Waals surface area contributed by atoms with E-state index in [4.69, 9.17) is 0 Å². The molecule has 3 amide bonds. The number of likely N-dealkylation sites (tertiary alicyclic amines) is 1. The lowest BCUT2D eigenvalue weighted by Crippen LogP contribution is -2.27. The molecule has 142 valence electrons. The molecule has 0 atom stereocenters. The molecule has 0 radical (unpaired) electrons. The average Bonchev–Trinajstić information content (AvgIpc) is 3.39. The normalized spacial score (nSPS) is 13.4. The molecule has 6 nitrogen and oxygen atoms in total. The Morgan fingerprint density at radius 2 is 1.78 bits per heavy atom. The van der Waals surface area contributed by atoms with E-state index in [-0.39, 0.29) is 17.7 Å². The third-order valence-corrected chi connectivity index (χ3v) is 5.29. The Morgan fingerprint density at radius 1 is 1.04 bits per heavy atom. The summed E-state index contributed by atoms with van der Waals surface area (Å²) in [5.74, 6) is -0.172. The zero-order valence-electron chi connectivity index (χ0n) is 15.1. The summed E-state index contributed by atoms with van der Waals surface area (Å²) >= 11 is 1.39. The van der Waals surface area contributed by atoms with Crippen LogP contribution in [0.15, 0.2) is 41.8 Å². The molecule has 0 spiro atoms. The van der Waals surface area contributed by atoms with Crippen LogP contribution in [0.25, 0.3) is 0 Å². The Morgan fingerprint density at radius 3 is 2.44 bits per heavy atom. The molecular weight excluding hydrogens is 362 g/mol. The van der Waals surface area contributed by atoms with Crippen LogP contribution in [0.4, 0.5) is 5.69 Å². The zero-order valence-corrected chi connectivity index (χ0v) is 15.9. The van der Waals surface area contributed by atoms with Crippen molar-refractivity contribution >= 4 is 34.7 Å². The minimum Gasteiger partial charge on any atom is -0.351 e. The highest BCUT2D eigenvalue weighted by Crippen LogP contribution is 2.15. The molecule has 1 aliphatic heterocycles. The van der Waals surface area contributed by atoms with Crippen LogP contribution in [0, 0.1) is 0 Å². The van der Waals surface area contributed by atoms with Crippen molar-refractivity contribution in [3.8, 4) is 0 Å². The molecule has 7 heteroatoms. The lowest BCUT2D eigenvalue weighted by Gasteiger charge is -2.15. The Kier molecular flexibility index (Phi) is 6.59. The topological polar surface area (TPSA) is 78.5 Å². The van der Waals surface area contributed by atoms with Crippen molar-refractivity contribution in [1.82, 2.24) is 10.2 Å². The van der Waals surface area contributed by atoms with Gasteiger partial charge >= 0.3 is 0 Å². The molecule has 0 bridgehead atoms. The fourth-order valence-corrected chi connectivity index (χ4v) is 3.61. The van der Waals surface area contributed by atoms with Crippen LogP contribution in [-0.4, -0.2) is 42.3 Å². The maximum atomic E-state index is 12.3. The molecule has 2 heterocycles. The van der Waals surface area contributed by atoms with Gasteiger partial charge in [-0.2, -0.15) is 0 Å². The summed E-state index contributed by atoms with van der Waals surface area (Å²) < 4.78 is 0. The second-order valence-electron chi connectivity index (χ2n) is 6.46. The summed E-state index contributed by atoms with van der Waals surface area (Å²) in [5.41, 5.74) is 1.31. The number of rotatable bonds is 7. The zero-order chi connectivity index (χ0) is 19.1. The van der Waals surface area contributed by atoms with Gasteiger partial charge in [-0.25, -0.2) is 0 Å². The van der Waals surface area contributed by atoms with Gasteiger partial charge in [0.2, 0.25) is 5.91 Å². The average molecular weight is 385 g/mol. The van der Waals surface area contributed by atoms with E-state index in [0.717, 1.165) is 25.9 Å². The summed E-state index contributed by atoms with van der Waals surface area (Å²) in [7, 11) is 0. The van der Waals surface area contributed by atoms with E-state index in [1.165, 1.54) is 11.3 Å². The number of carbonyl (C=O) groups is 3. The van der Waals surface area contributed by atoms with E-state index >= 15 is 0 Å². The smallest absolute Gasteiger partial charge is 0.261 e. The number of benzene rings is 1. The van der Waals surface area contributed by atoms with Gasteiger partial charge in [-0.15, -0.1) is 11.3 Å². The van der Waals surface area contributed by atoms with Gasteiger partial charge < -0.3 is 15.5 Å². The fourth-order valence-electron chi connectivity index (χ4n) is 2.97. The highest BCUT2D eigenvalue weighted by Gasteiger charge is 2.19. The first-order valence-electron chi connectivity index (χ1n) is 9.14. The van der Waals surface area contributed by atoms with Crippen molar-refractivity contribution in [2.75, 3.05) is 25.0 Å². The predicted octanol–water partition coefficient (Wildman–Crippen LogP) is 3.13. The Bertz CT molecular complexity index is 781. The third-order valence-electron chi connectivity index (χ3n) is 4.42. The molecule has 1 fully saturated rings. The second kappa shape index (κ2) is 9.32. The largest absolute Gasteiger partial charge is 0.351 e. The van der Waals surface area contributed by atoms with Crippen molar-refractivity contribution in [2.24, 2.45) is 0 Å². The van der Waals surface area contributed by atoms with Crippen LogP contribution in [0.1, 0.15) is 45.7 Å². The van der Waals surface area contributed by atoms with Gasteiger partial charge in [0.15, 0.2) is 0 Å². The molecule has 27 heavy (non-hydrogen) atoms. The van der Waals surface area contributed by atoms with Gasteiger partial charge in [-0.05, 0) is 55.0 Å². The van der Waals surface area contributed by atoms with Crippen molar-refractivity contribution in [3.63, 3.8) is 0 Å². The van der Waals surface area contributed by atoms with Crippen LogP contribution in [0.3, 0.4) is 0 Å². The quantitative estimate of drug-likeness (QED) is 0.719. The molecule has 0 saturated carbocycles. The lowest BCUT2D eigenvalue weighted by atomic mass is 10.1. The fraction of sp³-hybridized carbons (Fsp3) is 0.350.